The first kappa shape index (κ1) is 13.1. The minimum absolute atomic E-state index is 0.0499. The summed E-state index contributed by atoms with van der Waals surface area (Å²) >= 11 is 2.36. The molecule has 0 radical (unpaired) electrons. The fourth-order valence-corrected chi connectivity index (χ4v) is 3.99. The molecule has 0 saturated carbocycles. The van der Waals surface area contributed by atoms with Crippen LogP contribution in [0.15, 0.2) is 16.2 Å². The number of nitro groups is 1. The molecule has 1 aliphatic heterocycles. The van der Waals surface area contributed by atoms with Crippen LogP contribution in [0.1, 0.15) is 22.5 Å². The fourth-order valence-electron chi connectivity index (χ4n) is 2.05. The molecule has 5 nitrogen and oxygen atoms in total. The normalized spacial score (nSPS) is 14.8. The van der Waals surface area contributed by atoms with Crippen LogP contribution < -0.4 is 4.90 Å². The van der Waals surface area contributed by atoms with E-state index in [1.165, 1.54) is 23.1 Å². The second kappa shape index (κ2) is 5.53. The zero-order chi connectivity index (χ0) is 13.1. The number of nitrogens with zero attached hydrogens (tertiary/aromatic N) is 2. The molecule has 0 aromatic carbocycles. The van der Waals surface area contributed by atoms with Crippen molar-refractivity contribution in [3.63, 3.8) is 0 Å². The van der Waals surface area contributed by atoms with E-state index in [2.05, 4.69) is 6.58 Å². The maximum absolute atomic E-state index is 11.2. The maximum Gasteiger partial charge on any atom is 0.317 e. The summed E-state index contributed by atoms with van der Waals surface area (Å²) in [5.41, 5.74) is 0.538. The topological polar surface area (TPSA) is 63.5 Å². The quantitative estimate of drug-likeness (QED) is 0.359. The molecule has 0 atom stereocenters. The maximum atomic E-state index is 11.2. The Morgan fingerprint density at radius 3 is 2.61 bits per heavy atom. The van der Waals surface area contributed by atoms with Crippen LogP contribution in [0.3, 0.4) is 0 Å². The minimum atomic E-state index is -0.400. The molecular formula is C11H12N2O3S2. The molecule has 0 bridgehead atoms. The molecule has 7 heteroatoms. The summed E-state index contributed by atoms with van der Waals surface area (Å²) in [5.74, 6) is 0. The fraction of sp³-hybridized carbons (Fsp3) is 0.364. The van der Waals surface area contributed by atoms with Crippen LogP contribution in [0, 0.1) is 10.1 Å². The van der Waals surface area contributed by atoms with Crippen molar-refractivity contribution in [1.82, 2.24) is 0 Å². The SMILES string of the molecule is C=CSc1sc(C=O)c(N2CCCC2)c1[N+](=O)[O-]. The molecule has 1 aromatic heterocycles. The van der Waals surface area contributed by atoms with E-state index in [0.29, 0.717) is 21.1 Å². The Balaban J connectivity index is 2.55. The lowest BCUT2D eigenvalue weighted by atomic mass is 10.3. The first-order chi connectivity index (χ1) is 8.69. The molecule has 0 amide bonds. The van der Waals surface area contributed by atoms with Gasteiger partial charge in [-0.2, -0.15) is 0 Å². The predicted molar refractivity (Wildman–Crippen MR) is 73.9 cm³/mol. The van der Waals surface area contributed by atoms with Crippen molar-refractivity contribution < 1.29 is 9.72 Å². The van der Waals surface area contributed by atoms with E-state index in [9.17, 15) is 14.9 Å². The largest absolute Gasteiger partial charge is 0.365 e. The molecule has 2 heterocycles. The summed E-state index contributed by atoms with van der Waals surface area (Å²) < 4.78 is 0.527. The third-order valence-electron chi connectivity index (χ3n) is 2.76. The summed E-state index contributed by atoms with van der Waals surface area (Å²) in [4.78, 5) is 24.3. The van der Waals surface area contributed by atoms with E-state index in [4.69, 9.17) is 0 Å². The Morgan fingerprint density at radius 1 is 1.44 bits per heavy atom. The number of rotatable bonds is 5. The first-order valence-electron chi connectivity index (χ1n) is 5.48. The molecule has 1 fully saturated rings. The molecule has 0 unspecified atom stereocenters. The lowest BCUT2D eigenvalue weighted by molar-refractivity contribution is -0.386. The highest BCUT2D eigenvalue weighted by molar-refractivity contribution is 8.04. The van der Waals surface area contributed by atoms with Gasteiger partial charge in [0.15, 0.2) is 6.29 Å². The van der Waals surface area contributed by atoms with Gasteiger partial charge in [0.2, 0.25) is 0 Å². The van der Waals surface area contributed by atoms with Crippen molar-refractivity contribution >= 4 is 40.8 Å². The van der Waals surface area contributed by atoms with Gasteiger partial charge in [0.05, 0.1) is 9.80 Å². The second-order valence-electron chi connectivity index (χ2n) is 3.80. The van der Waals surface area contributed by atoms with Gasteiger partial charge in [-0.25, -0.2) is 0 Å². The molecule has 0 N–H and O–H groups in total. The highest BCUT2D eigenvalue weighted by Crippen LogP contribution is 2.47. The Labute approximate surface area is 113 Å². The molecule has 1 aromatic rings. The van der Waals surface area contributed by atoms with E-state index in [1.807, 2.05) is 4.90 Å². The number of anilines is 1. The van der Waals surface area contributed by atoms with Crippen molar-refractivity contribution in [2.75, 3.05) is 18.0 Å². The molecular weight excluding hydrogens is 272 g/mol. The average Bonchev–Trinajstić information content (AvgIpc) is 2.94. The van der Waals surface area contributed by atoms with Gasteiger partial charge in [-0.1, -0.05) is 18.3 Å². The number of carbonyl (C=O) groups is 1. The summed E-state index contributed by atoms with van der Waals surface area (Å²) in [6, 6.07) is 0. The number of carbonyl (C=O) groups excluding carboxylic acids is 1. The molecule has 0 aliphatic carbocycles. The van der Waals surface area contributed by atoms with E-state index in [1.54, 1.807) is 5.41 Å². The number of thioether (sulfide) groups is 1. The van der Waals surface area contributed by atoms with Crippen LogP contribution in [0.25, 0.3) is 0 Å². The number of aldehydes is 1. The van der Waals surface area contributed by atoms with Crippen LogP contribution >= 0.6 is 23.1 Å². The van der Waals surface area contributed by atoms with Gasteiger partial charge in [0.25, 0.3) is 0 Å². The summed E-state index contributed by atoms with van der Waals surface area (Å²) in [5, 5.41) is 12.8. The number of thiophene rings is 1. The van der Waals surface area contributed by atoms with Crippen molar-refractivity contribution in [1.29, 1.82) is 0 Å². The smallest absolute Gasteiger partial charge is 0.317 e. The lowest BCUT2D eigenvalue weighted by Gasteiger charge is -2.15. The van der Waals surface area contributed by atoms with Crippen molar-refractivity contribution in [3.8, 4) is 0 Å². The highest BCUT2D eigenvalue weighted by Gasteiger charge is 2.32. The third kappa shape index (κ3) is 2.28. The third-order valence-corrected chi connectivity index (χ3v) is 4.76. The van der Waals surface area contributed by atoms with Crippen molar-refractivity contribution in [2.45, 2.75) is 17.1 Å². The Kier molecular flexibility index (Phi) is 4.03. The Morgan fingerprint density at radius 2 is 2.11 bits per heavy atom. The molecule has 1 saturated heterocycles. The molecule has 1 aliphatic rings. The van der Waals surface area contributed by atoms with Crippen LogP contribution in [0.2, 0.25) is 0 Å². The minimum Gasteiger partial charge on any atom is -0.365 e. The van der Waals surface area contributed by atoms with Gasteiger partial charge in [-0.05, 0) is 18.2 Å². The zero-order valence-corrected chi connectivity index (χ0v) is 11.3. The lowest BCUT2D eigenvalue weighted by Crippen LogP contribution is -2.19. The molecule has 0 spiro atoms. The van der Waals surface area contributed by atoms with Crippen LogP contribution in [-0.4, -0.2) is 24.3 Å². The van der Waals surface area contributed by atoms with Crippen LogP contribution in [0.4, 0.5) is 11.4 Å². The predicted octanol–water partition coefficient (Wildman–Crippen LogP) is 3.30. The summed E-state index contributed by atoms with van der Waals surface area (Å²) in [6.07, 6.45) is 2.73. The van der Waals surface area contributed by atoms with E-state index in [0.717, 1.165) is 25.9 Å². The van der Waals surface area contributed by atoms with Gasteiger partial charge < -0.3 is 4.90 Å². The molecule has 96 valence electrons. The van der Waals surface area contributed by atoms with E-state index < -0.39 is 4.92 Å². The van der Waals surface area contributed by atoms with Gasteiger partial charge in [0, 0.05) is 13.1 Å². The van der Waals surface area contributed by atoms with Gasteiger partial charge in [-0.3, -0.25) is 14.9 Å². The summed E-state index contributed by atoms with van der Waals surface area (Å²) in [6.45, 7) is 5.11. The monoisotopic (exact) mass is 284 g/mol. The standard InChI is InChI=1S/C11H12N2O3S2/c1-2-17-11-10(13(15)16)9(8(7-14)18-11)12-5-3-4-6-12/h2,7H,1,3-6H2. The molecule has 2 rings (SSSR count). The second-order valence-corrected chi connectivity index (χ2v) is 6.09. The number of hydrogen-bond donors (Lipinski definition) is 0. The van der Waals surface area contributed by atoms with Crippen LogP contribution in [0.5, 0.6) is 0 Å². The van der Waals surface area contributed by atoms with Crippen molar-refractivity contribution in [3.05, 3.63) is 27.0 Å². The Hall–Kier alpha value is -1.34. The van der Waals surface area contributed by atoms with Crippen molar-refractivity contribution in [2.24, 2.45) is 0 Å². The highest BCUT2D eigenvalue weighted by atomic mass is 32.2. The van der Waals surface area contributed by atoms with Crippen LogP contribution in [-0.2, 0) is 0 Å². The first-order valence-corrected chi connectivity index (χ1v) is 7.17. The van der Waals surface area contributed by atoms with Gasteiger partial charge in [0.1, 0.15) is 9.90 Å². The van der Waals surface area contributed by atoms with E-state index in [-0.39, 0.29) is 5.69 Å². The van der Waals surface area contributed by atoms with E-state index >= 15 is 0 Å². The summed E-state index contributed by atoms with van der Waals surface area (Å²) in [7, 11) is 0. The molecule has 18 heavy (non-hydrogen) atoms. The number of hydrogen-bond acceptors (Lipinski definition) is 6. The Bertz CT molecular complexity index is 493. The zero-order valence-electron chi connectivity index (χ0n) is 9.63. The van der Waals surface area contributed by atoms with Gasteiger partial charge >= 0.3 is 5.69 Å². The average molecular weight is 284 g/mol. The van der Waals surface area contributed by atoms with Gasteiger partial charge in [-0.15, -0.1) is 11.3 Å².